The first-order valence-electron chi connectivity index (χ1n) is 5.72. The molecule has 90 valence electrons. The average molecular weight is 240 g/mol. The van der Waals surface area contributed by atoms with Gasteiger partial charge in [-0.1, -0.05) is 18.2 Å². The van der Waals surface area contributed by atoms with Gasteiger partial charge in [0.1, 0.15) is 5.52 Å². The first-order chi connectivity index (χ1) is 8.81. The Morgan fingerprint density at radius 3 is 2.78 bits per heavy atom. The zero-order chi connectivity index (χ0) is 12.4. The molecule has 0 N–H and O–H groups in total. The number of nitrogens with zero attached hydrogens (tertiary/aromatic N) is 2. The van der Waals surface area contributed by atoms with E-state index >= 15 is 0 Å². The number of para-hydroxylation sites is 2. The van der Waals surface area contributed by atoms with Crippen molar-refractivity contribution in [3.05, 3.63) is 54.0 Å². The minimum absolute atomic E-state index is 0.283. The summed E-state index contributed by atoms with van der Waals surface area (Å²) in [6.07, 6.45) is 0. The van der Waals surface area contributed by atoms with Gasteiger partial charge in [0.25, 0.3) is 0 Å². The highest BCUT2D eigenvalue weighted by atomic mass is 16.5. The molecule has 2 aromatic heterocycles. The van der Waals surface area contributed by atoms with Crippen LogP contribution < -0.4 is 4.74 Å². The van der Waals surface area contributed by atoms with Gasteiger partial charge in [-0.25, -0.2) is 9.97 Å². The van der Waals surface area contributed by atoms with Crippen molar-refractivity contribution < 1.29 is 9.15 Å². The summed E-state index contributed by atoms with van der Waals surface area (Å²) >= 11 is 0. The molecule has 0 aliphatic carbocycles. The lowest BCUT2D eigenvalue weighted by Crippen LogP contribution is -1.97. The second-order valence-corrected chi connectivity index (χ2v) is 3.98. The van der Waals surface area contributed by atoms with Crippen LogP contribution in [-0.2, 0) is 6.61 Å². The number of hydrogen-bond donors (Lipinski definition) is 0. The zero-order valence-corrected chi connectivity index (χ0v) is 9.96. The molecule has 0 amide bonds. The highest BCUT2D eigenvalue weighted by Gasteiger charge is 2.05. The molecule has 0 saturated heterocycles. The Balaban J connectivity index is 1.76. The van der Waals surface area contributed by atoms with E-state index in [4.69, 9.17) is 9.15 Å². The van der Waals surface area contributed by atoms with E-state index in [1.807, 2.05) is 49.4 Å². The number of ether oxygens (including phenoxy) is 1. The molecule has 1 aromatic carbocycles. The molecule has 0 bridgehead atoms. The van der Waals surface area contributed by atoms with E-state index in [9.17, 15) is 0 Å². The maximum Gasteiger partial charge on any atom is 0.233 e. The van der Waals surface area contributed by atoms with Gasteiger partial charge in [-0.15, -0.1) is 0 Å². The first-order valence-corrected chi connectivity index (χ1v) is 5.72. The second kappa shape index (κ2) is 4.49. The van der Waals surface area contributed by atoms with Crippen molar-refractivity contribution in [3.8, 4) is 5.88 Å². The second-order valence-electron chi connectivity index (χ2n) is 3.98. The Bertz CT molecular complexity index is 643. The van der Waals surface area contributed by atoms with E-state index in [1.165, 1.54) is 0 Å². The third kappa shape index (κ3) is 2.18. The maximum absolute atomic E-state index is 5.56. The van der Waals surface area contributed by atoms with E-state index in [0.29, 0.717) is 11.8 Å². The summed E-state index contributed by atoms with van der Waals surface area (Å²) in [6, 6.07) is 13.3. The summed E-state index contributed by atoms with van der Waals surface area (Å²) in [5.74, 6) is 1.14. The third-order valence-electron chi connectivity index (χ3n) is 2.54. The van der Waals surface area contributed by atoms with Crippen LogP contribution in [0, 0.1) is 6.92 Å². The summed E-state index contributed by atoms with van der Waals surface area (Å²) in [7, 11) is 0. The Kier molecular flexibility index (Phi) is 2.68. The predicted molar refractivity (Wildman–Crippen MR) is 67.3 cm³/mol. The molecule has 4 nitrogen and oxygen atoms in total. The van der Waals surface area contributed by atoms with Crippen LogP contribution >= 0.6 is 0 Å². The molecule has 0 saturated carbocycles. The van der Waals surface area contributed by atoms with Crippen LogP contribution in [0.15, 0.2) is 46.9 Å². The van der Waals surface area contributed by atoms with Crippen molar-refractivity contribution in [2.75, 3.05) is 0 Å². The molecule has 3 rings (SSSR count). The van der Waals surface area contributed by atoms with E-state index in [0.717, 1.165) is 16.8 Å². The highest BCUT2D eigenvalue weighted by molar-refractivity contribution is 5.72. The van der Waals surface area contributed by atoms with Gasteiger partial charge >= 0.3 is 0 Å². The van der Waals surface area contributed by atoms with E-state index < -0.39 is 0 Å². The van der Waals surface area contributed by atoms with Gasteiger partial charge in [0, 0.05) is 11.8 Å². The van der Waals surface area contributed by atoms with Gasteiger partial charge < -0.3 is 9.15 Å². The first kappa shape index (κ1) is 10.8. The largest absolute Gasteiger partial charge is 0.468 e. The molecule has 3 aromatic rings. The average Bonchev–Trinajstić information content (AvgIpc) is 2.79. The zero-order valence-electron chi connectivity index (χ0n) is 9.96. The van der Waals surface area contributed by atoms with Crippen LogP contribution in [0.25, 0.3) is 11.1 Å². The van der Waals surface area contributed by atoms with Crippen LogP contribution in [0.2, 0.25) is 0 Å². The van der Waals surface area contributed by atoms with E-state index in [-0.39, 0.29) is 6.61 Å². The van der Waals surface area contributed by atoms with Gasteiger partial charge in [0.05, 0.1) is 0 Å². The molecular weight excluding hydrogens is 228 g/mol. The van der Waals surface area contributed by atoms with Crippen molar-refractivity contribution in [1.82, 2.24) is 9.97 Å². The fourth-order valence-electron chi connectivity index (χ4n) is 1.72. The molecule has 0 radical (unpaired) electrons. The number of fused-ring (bicyclic) bond motifs is 1. The van der Waals surface area contributed by atoms with Crippen molar-refractivity contribution in [3.63, 3.8) is 0 Å². The number of aromatic nitrogens is 2. The molecular formula is C14H12N2O2. The summed E-state index contributed by atoms with van der Waals surface area (Å²) in [4.78, 5) is 8.58. The minimum atomic E-state index is 0.283. The van der Waals surface area contributed by atoms with Crippen molar-refractivity contribution in [2.45, 2.75) is 13.5 Å². The fraction of sp³-hybridized carbons (Fsp3) is 0.143. The molecule has 0 aliphatic heterocycles. The van der Waals surface area contributed by atoms with Gasteiger partial charge in [-0.05, 0) is 25.1 Å². The third-order valence-corrected chi connectivity index (χ3v) is 2.54. The number of hydrogen-bond acceptors (Lipinski definition) is 4. The lowest BCUT2D eigenvalue weighted by Gasteiger charge is -2.02. The number of oxazole rings is 1. The smallest absolute Gasteiger partial charge is 0.233 e. The summed E-state index contributed by atoms with van der Waals surface area (Å²) in [5, 5.41) is 0. The molecule has 4 heteroatoms. The monoisotopic (exact) mass is 240 g/mol. The van der Waals surface area contributed by atoms with Crippen molar-refractivity contribution >= 4 is 11.1 Å². The molecule has 0 fully saturated rings. The SMILES string of the molecule is Cc1cccc(OCc2nc3ccccc3o2)n1. The number of rotatable bonds is 3. The van der Waals surface area contributed by atoms with Gasteiger partial charge in [-0.3, -0.25) is 0 Å². The Labute approximate surface area is 104 Å². The van der Waals surface area contributed by atoms with Crippen LogP contribution in [0.4, 0.5) is 0 Å². The van der Waals surface area contributed by atoms with Gasteiger partial charge in [0.2, 0.25) is 11.8 Å². The number of aryl methyl sites for hydroxylation is 1. The van der Waals surface area contributed by atoms with Crippen molar-refractivity contribution in [1.29, 1.82) is 0 Å². The topological polar surface area (TPSA) is 48.2 Å². The molecule has 0 unspecified atom stereocenters. The van der Waals surface area contributed by atoms with Crippen LogP contribution in [-0.4, -0.2) is 9.97 Å². The normalized spacial score (nSPS) is 10.7. The summed E-state index contributed by atoms with van der Waals surface area (Å²) in [5.41, 5.74) is 2.53. The van der Waals surface area contributed by atoms with Crippen LogP contribution in [0.5, 0.6) is 5.88 Å². The summed E-state index contributed by atoms with van der Waals surface area (Å²) in [6.45, 7) is 2.21. The Morgan fingerprint density at radius 1 is 1.06 bits per heavy atom. The summed E-state index contributed by atoms with van der Waals surface area (Å²) < 4.78 is 11.1. The van der Waals surface area contributed by atoms with E-state index in [1.54, 1.807) is 0 Å². The lowest BCUT2D eigenvalue weighted by atomic mass is 10.3. The Morgan fingerprint density at radius 2 is 1.94 bits per heavy atom. The van der Waals surface area contributed by atoms with Crippen LogP contribution in [0.1, 0.15) is 11.6 Å². The Hall–Kier alpha value is -2.36. The highest BCUT2D eigenvalue weighted by Crippen LogP contribution is 2.16. The van der Waals surface area contributed by atoms with E-state index in [2.05, 4.69) is 9.97 Å². The van der Waals surface area contributed by atoms with Gasteiger partial charge in [0.15, 0.2) is 12.2 Å². The molecule has 0 atom stereocenters. The molecule has 0 spiro atoms. The fourth-order valence-corrected chi connectivity index (χ4v) is 1.72. The number of benzene rings is 1. The standard InChI is InChI=1S/C14H12N2O2/c1-10-5-4-8-13(15-10)17-9-14-16-11-6-2-3-7-12(11)18-14/h2-8H,9H2,1H3. The molecule has 18 heavy (non-hydrogen) atoms. The quantitative estimate of drug-likeness (QED) is 0.705. The molecule has 2 heterocycles. The number of pyridine rings is 1. The molecule has 0 aliphatic rings. The lowest BCUT2D eigenvalue weighted by molar-refractivity contribution is 0.257. The minimum Gasteiger partial charge on any atom is -0.468 e. The van der Waals surface area contributed by atoms with Gasteiger partial charge in [-0.2, -0.15) is 0 Å². The predicted octanol–water partition coefficient (Wildman–Crippen LogP) is 3.11. The van der Waals surface area contributed by atoms with Crippen molar-refractivity contribution in [2.24, 2.45) is 0 Å². The maximum atomic E-state index is 5.56. The van der Waals surface area contributed by atoms with Crippen LogP contribution in [0.3, 0.4) is 0 Å².